The van der Waals surface area contributed by atoms with Crippen molar-refractivity contribution in [3.63, 3.8) is 0 Å². The fourth-order valence-electron chi connectivity index (χ4n) is 4.51. The van der Waals surface area contributed by atoms with Crippen LogP contribution in [0, 0.1) is 0 Å². The predicted molar refractivity (Wildman–Crippen MR) is 160 cm³/mol. The molecule has 0 aromatic rings. The number of hydrogen-bond donors (Lipinski definition) is 0. The van der Waals surface area contributed by atoms with E-state index in [9.17, 15) is 9.59 Å². The van der Waals surface area contributed by atoms with Gasteiger partial charge in [0.2, 0.25) is 0 Å². The minimum absolute atomic E-state index is 0.153. The molecule has 218 valence electrons. The summed E-state index contributed by atoms with van der Waals surface area (Å²) in [6.07, 6.45) is 26.8. The average Bonchev–Trinajstić information content (AvgIpc) is 2.92. The average molecular weight is 523 g/mol. The van der Waals surface area contributed by atoms with Crippen LogP contribution in [0.3, 0.4) is 0 Å². The second-order valence-electron chi connectivity index (χ2n) is 10.2. The van der Waals surface area contributed by atoms with Gasteiger partial charge < -0.3 is 9.47 Å². The van der Waals surface area contributed by atoms with Gasteiger partial charge in [0.05, 0.1) is 14.2 Å². The van der Waals surface area contributed by atoms with E-state index < -0.39 is 0 Å². The number of methoxy groups -OCH3 is 2. The van der Waals surface area contributed by atoms with Crippen LogP contribution in [0.15, 0.2) is 22.8 Å². The lowest BCUT2D eigenvalue weighted by Gasteiger charge is -2.09. The molecule has 0 atom stereocenters. The summed E-state index contributed by atoms with van der Waals surface area (Å²) in [5.74, 6) is -0.323. The summed E-state index contributed by atoms with van der Waals surface area (Å²) in [5, 5.41) is 0. The lowest BCUT2D eigenvalue weighted by Crippen LogP contribution is -2.05. The van der Waals surface area contributed by atoms with Crippen LogP contribution in [0.2, 0.25) is 0 Å². The van der Waals surface area contributed by atoms with Crippen molar-refractivity contribution in [2.75, 3.05) is 14.2 Å². The molecular weight excluding hydrogens is 460 g/mol. The number of rotatable bonds is 22. The molecule has 0 spiro atoms. The third-order valence-electron chi connectivity index (χ3n) is 6.98. The Morgan fingerprint density at radius 3 is 1.35 bits per heavy atom. The maximum Gasteiger partial charge on any atom is 0.333 e. The Labute approximate surface area is 231 Å². The molecule has 0 fully saturated rings. The van der Waals surface area contributed by atoms with Crippen molar-refractivity contribution >= 4 is 11.9 Å². The van der Waals surface area contributed by atoms with Gasteiger partial charge in [-0.25, -0.2) is 9.59 Å². The molecular formula is C33H62O4. The summed E-state index contributed by atoms with van der Waals surface area (Å²) in [5.41, 5.74) is 2.93. The van der Waals surface area contributed by atoms with E-state index in [0.29, 0.717) is 0 Å². The van der Waals surface area contributed by atoms with E-state index in [2.05, 4.69) is 27.7 Å². The maximum atomic E-state index is 11.5. The Hall–Kier alpha value is -1.58. The zero-order valence-corrected chi connectivity index (χ0v) is 25.9. The number of ether oxygens (including phenoxy) is 2. The molecule has 0 aliphatic carbocycles. The second kappa shape index (κ2) is 29.0. The lowest BCUT2D eigenvalue weighted by molar-refractivity contribution is -0.137. The zero-order valence-electron chi connectivity index (χ0n) is 25.9. The minimum atomic E-state index is -0.170. The molecule has 0 saturated heterocycles. The molecule has 0 unspecified atom stereocenters. The fraction of sp³-hybridized carbons (Fsp3) is 0.818. The van der Waals surface area contributed by atoms with Crippen LogP contribution in [0.5, 0.6) is 0 Å². The Balaban J connectivity index is 0. The lowest BCUT2D eigenvalue weighted by atomic mass is 9.99. The van der Waals surface area contributed by atoms with Crippen molar-refractivity contribution in [1.82, 2.24) is 0 Å². The highest BCUT2D eigenvalue weighted by Gasteiger charge is 2.09. The van der Waals surface area contributed by atoms with E-state index in [1.54, 1.807) is 0 Å². The van der Waals surface area contributed by atoms with E-state index in [4.69, 9.17) is 9.47 Å². The van der Waals surface area contributed by atoms with Crippen LogP contribution in [-0.4, -0.2) is 26.2 Å². The second-order valence-corrected chi connectivity index (χ2v) is 10.2. The van der Waals surface area contributed by atoms with Gasteiger partial charge in [-0.15, -0.1) is 0 Å². The third kappa shape index (κ3) is 23.3. The van der Waals surface area contributed by atoms with Crippen molar-refractivity contribution in [2.45, 2.75) is 163 Å². The first-order valence-corrected chi connectivity index (χ1v) is 15.5. The topological polar surface area (TPSA) is 52.6 Å². The Kier molecular flexibility index (Phi) is 29.4. The fourth-order valence-corrected chi connectivity index (χ4v) is 4.51. The number of carbonyl (C=O) groups excluding carboxylic acids is 2. The summed E-state index contributed by atoms with van der Waals surface area (Å²) in [4.78, 5) is 22.9. The zero-order chi connectivity index (χ0) is 28.2. The Morgan fingerprint density at radius 2 is 0.973 bits per heavy atom. The smallest absolute Gasteiger partial charge is 0.333 e. The van der Waals surface area contributed by atoms with Crippen molar-refractivity contribution in [3.05, 3.63) is 22.8 Å². The van der Waals surface area contributed by atoms with Crippen LogP contribution in [-0.2, 0) is 19.1 Å². The molecule has 4 heteroatoms. The van der Waals surface area contributed by atoms with E-state index in [1.807, 2.05) is 13.0 Å². The number of hydrogen-bond acceptors (Lipinski definition) is 4. The molecule has 0 aliphatic rings. The molecule has 0 amide bonds. The number of esters is 2. The van der Waals surface area contributed by atoms with Gasteiger partial charge in [0.25, 0.3) is 0 Å². The summed E-state index contributed by atoms with van der Waals surface area (Å²) in [6, 6.07) is 0. The number of allylic oxidation sites excluding steroid dienone is 2. The number of unbranched alkanes of at least 4 members (excludes halogenated alkanes) is 14. The molecule has 4 nitrogen and oxygen atoms in total. The van der Waals surface area contributed by atoms with Crippen molar-refractivity contribution in [2.24, 2.45) is 0 Å². The minimum Gasteiger partial charge on any atom is -0.466 e. The normalized spacial score (nSPS) is 11.9. The van der Waals surface area contributed by atoms with Crippen molar-refractivity contribution in [3.8, 4) is 0 Å². The molecule has 37 heavy (non-hydrogen) atoms. The quantitative estimate of drug-likeness (QED) is 0.0806. The SMILES string of the molecule is CCC=C(CCCCCCCCCC)C(=O)OC.CCCCCCCCCCC(CC)=C(C)C(=O)OC. The van der Waals surface area contributed by atoms with Crippen LogP contribution < -0.4 is 0 Å². The van der Waals surface area contributed by atoms with Gasteiger partial charge >= 0.3 is 11.9 Å². The highest BCUT2D eigenvalue weighted by Crippen LogP contribution is 2.19. The molecule has 0 aromatic carbocycles. The molecule has 0 radical (unpaired) electrons. The molecule has 0 aliphatic heterocycles. The van der Waals surface area contributed by atoms with E-state index in [1.165, 1.54) is 116 Å². The van der Waals surface area contributed by atoms with Crippen LogP contribution in [0.1, 0.15) is 163 Å². The van der Waals surface area contributed by atoms with E-state index >= 15 is 0 Å². The summed E-state index contributed by atoms with van der Waals surface area (Å²) < 4.78 is 9.56. The monoisotopic (exact) mass is 522 g/mol. The Morgan fingerprint density at radius 1 is 0.568 bits per heavy atom. The molecule has 0 saturated carbocycles. The molecule has 0 heterocycles. The first-order chi connectivity index (χ1) is 17.9. The predicted octanol–water partition coefficient (Wildman–Crippen LogP) is 10.4. The molecule has 0 N–H and O–H groups in total. The molecule has 0 bridgehead atoms. The van der Waals surface area contributed by atoms with Crippen LogP contribution in [0.4, 0.5) is 0 Å². The molecule has 0 aromatic heterocycles. The number of carbonyl (C=O) groups is 2. The third-order valence-corrected chi connectivity index (χ3v) is 6.98. The standard InChI is InChI=1S/C17H32O2.C16H30O2/c1-5-7-8-9-10-11-12-13-14-16(6-2)15(3)17(18)19-4;1-4-6-7-8-9-10-11-12-14-15(13-5-2)16(17)18-3/h5-14H2,1-4H3;13H,4-12,14H2,1-3H3. The van der Waals surface area contributed by atoms with Gasteiger partial charge in [0.1, 0.15) is 0 Å². The largest absolute Gasteiger partial charge is 0.466 e. The van der Waals surface area contributed by atoms with Gasteiger partial charge in [-0.1, -0.05) is 129 Å². The highest BCUT2D eigenvalue weighted by molar-refractivity contribution is 5.88. The summed E-state index contributed by atoms with van der Waals surface area (Å²) in [7, 11) is 2.91. The van der Waals surface area contributed by atoms with E-state index in [0.717, 1.165) is 43.3 Å². The van der Waals surface area contributed by atoms with Gasteiger partial charge in [-0.2, -0.15) is 0 Å². The maximum absolute atomic E-state index is 11.5. The van der Waals surface area contributed by atoms with Crippen molar-refractivity contribution in [1.29, 1.82) is 0 Å². The summed E-state index contributed by atoms with van der Waals surface area (Å²) >= 11 is 0. The van der Waals surface area contributed by atoms with Gasteiger partial charge in [0, 0.05) is 11.1 Å². The van der Waals surface area contributed by atoms with Gasteiger partial charge in [0.15, 0.2) is 0 Å². The van der Waals surface area contributed by atoms with Crippen LogP contribution >= 0.6 is 0 Å². The van der Waals surface area contributed by atoms with E-state index in [-0.39, 0.29) is 11.9 Å². The van der Waals surface area contributed by atoms with Crippen LogP contribution in [0.25, 0.3) is 0 Å². The highest BCUT2D eigenvalue weighted by atomic mass is 16.5. The molecule has 0 rings (SSSR count). The first-order valence-electron chi connectivity index (χ1n) is 15.5. The Bertz CT molecular complexity index is 603. The van der Waals surface area contributed by atoms with Gasteiger partial charge in [-0.3, -0.25) is 0 Å². The van der Waals surface area contributed by atoms with Gasteiger partial charge in [-0.05, 0) is 45.4 Å². The summed E-state index contributed by atoms with van der Waals surface area (Å²) in [6.45, 7) is 10.6. The van der Waals surface area contributed by atoms with Crippen molar-refractivity contribution < 1.29 is 19.1 Å². The first kappa shape index (κ1) is 37.6.